The van der Waals surface area contributed by atoms with E-state index >= 15 is 0 Å². The van der Waals surface area contributed by atoms with Gasteiger partial charge in [0.2, 0.25) is 11.8 Å². The van der Waals surface area contributed by atoms with Crippen molar-refractivity contribution in [3.05, 3.63) is 124 Å². The fraction of sp³-hybridized carbons (Fsp3) is 0.391. The lowest BCUT2D eigenvalue weighted by molar-refractivity contribution is -0.133. The van der Waals surface area contributed by atoms with Crippen molar-refractivity contribution < 1.29 is 18.4 Å². The molecule has 4 aliphatic heterocycles. The van der Waals surface area contributed by atoms with Crippen molar-refractivity contribution in [3.63, 3.8) is 0 Å². The molecule has 1 N–H and O–H groups in total. The van der Waals surface area contributed by atoms with Crippen LogP contribution in [0.15, 0.2) is 89.9 Å². The molecule has 0 saturated carbocycles. The van der Waals surface area contributed by atoms with Crippen LogP contribution in [0.2, 0.25) is 0 Å². The van der Waals surface area contributed by atoms with Gasteiger partial charge >= 0.3 is 0 Å². The number of aromatic nitrogens is 6. The topological polar surface area (TPSA) is 164 Å². The molecule has 14 nitrogen and oxygen atoms in total. The van der Waals surface area contributed by atoms with E-state index in [1.54, 1.807) is 36.9 Å². The molecule has 4 saturated heterocycles. The van der Waals surface area contributed by atoms with Gasteiger partial charge in [-0.05, 0) is 112 Å². The van der Waals surface area contributed by atoms with Gasteiger partial charge in [0.1, 0.15) is 36.4 Å². The summed E-state index contributed by atoms with van der Waals surface area (Å²) in [5.74, 6) is -0.109. The minimum atomic E-state index is -0.498. The predicted molar refractivity (Wildman–Crippen MR) is 234 cm³/mol. The van der Waals surface area contributed by atoms with Gasteiger partial charge in [-0.15, -0.1) is 0 Å². The second-order valence-corrected chi connectivity index (χ2v) is 17.2. The highest BCUT2D eigenvalue weighted by Crippen LogP contribution is 2.33. The molecule has 4 fully saturated rings. The number of piperazine rings is 2. The Hall–Kier alpha value is -6.30. The number of hydrogen-bond acceptors (Lipinski definition) is 10. The van der Waals surface area contributed by atoms with Crippen LogP contribution in [0.3, 0.4) is 0 Å². The Morgan fingerprint density at radius 3 is 1.87 bits per heavy atom. The maximum atomic E-state index is 13.7. The van der Waals surface area contributed by atoms with Crippen molar-refractivity contribution in [2.75, 3.05) is 44.2 Å². The zero-order chi connectivity index (χ0) is 43.9. The highest BCUT2D eigenvalue weighted by molar-refractivity contribution is 9.10. The zero-order valence-electron chi connectivity index (χ0n) is 34.7. The molecule has 0 radical (unpaired) electrons. The number of anilines is 1. The molecule has 0 spiro atoms. The summed E-state index contributed by atoms with van der Waals surface area (Å²) < 4.78 is 30.7. The van der Waals surface area contributed by atoms with Gasteiger partial charge in [0, 0.05) is 78.7 Å². The third kappa shape index (κ3) is 9.85. The van der Waals surface area contributed by atoms with Crippen molar-refractivity contribution in [1.82, 2.24) is 44.3 Å². The Morgan fingerprint density at radius 1 is 0.714 bits per heavy atom. The number of amides is 2. The van der Waals surface area contributed by atoms with Crippen molar-refractivity contribution in [2.24, 2.45) is 11.8 Å². The molecule has 0 bridgehead atoms. The van der Waals surface area contributed by atoms with E-state index < -0.39 is 11.6 Å². The van der Waals surface area contributed by atoms with Gasteiger partial charge in [0.05, 0.1) is 17.2 Å². The van der Waals surface area contributed by atoms with E-state index in [9.17, 15) is 18.4 Å². The monoisotopic (exact) mass is 916 g/mol. The zero-order valence-corrected chi connectivity index (χ0v) is 36.2. The first-order valence-electron chi connectivity index (χ1n) is 21.4. The van der Waals surface area contributed by atoms with Crippen LogP contribution in [0.4, 0.5) is 14.5 Å². The van der Waals surface area contributed by atoms with Crippen LogP contribution in [-0.2, 0) is 22.4 Å². The van der Waals surface area contributed by atoms with E-state index in [1.807, 2.05) is 44.3 Å². The minimum Gasteiger partial charge on any atom is -0.368 e. The molecule has 8 heterocycles. The Bertz CT molecular complexity index is 2680. The summed E-state index contributed by atoms with van der Waals surface area (Å²) >= 11 is 3.12. The highest BCUT2D eigenvalue weighted by atomic mass is 79.9. The second-order valence-electron chi connectivity index (χ2n) is 16.3. The third-order valence-electron chi connectivity index (χ3n) is 12.4. The molecule has 4 aromatic heterocycles. The fourth-order valence-corrected chi connectivity index (χ4v) is 9.63. The fourth-order valence-electron chi connectivity index (χ4n) is 9.27. The molecular weight excluding hydrogens is 870 g/mol. The Balaban J connectivity index is 0.000000147. The van der Waals surface area contributed by atoms with E-state index in [2.05, 4.69) is 63.3 Å². The van der Waals surface area contributed by atoms with E-state index in [0.29, 0.717) is 29.5 Å². The number of hydrogen-bond donors (Lipinski definition) is 1. The number of fused-ring (bicyclic) bond motifs is 4. The van der Waals surface area contributed by atoms with Crippen LogP contribution >= 0.6 is 15.9 Å². The summed E-state index contributed by atoms with van der Waals surface area (Å²) in [4.78, 5) is 40.0. The molecule has 17 heteroatoms. The minimum absolute atomic E-state index is 0.0442. The van der Waals surface area contributed by atoms with Crippen LogP contribution in [-0.4, -0.2) is 102 Å². The van der Waals surface area contributed by atoms with Gasteiger partial charge in [-0.2, -0.15) is 20.7 Å². The SMILES string of the molecule is N#Cc1cc(Br)ccc1F.N#Cc1cc(N2CCN3C(=O)[C@@H](CCCc4cccc5ncnn45)C[C@H]3C2)ccc1F.O=C1[C@@H](CCCc2cccc3ncnn23)C[C@H]2CNCCN12. The number of nitrogens with one attached hydrogen (secondary N) is 1. The molecule has 2 amide bonds. The number of rotatable bonds is 9. The lowest BCUT2D eigenvalue weighted by Gasteiger charge is -2.38. The van der Waals surface area contributed by atoms with Crippen LogP contribution in [0, 0.1) is 46.1 Å². The van der Waals surface area contributed by atoms with E-state index in [-0.39, 0.29) is 34.9 Å². The number of aryl methyl sites for hydroxylation is 2. The number of carbonyl (C=O) groups is 2. The van der Waals surface area contributed by atoms with Crippen molar-refractivity contribution in [1.29, 1.82) is 10.5 Å². The van der Waals surface area contributed by atoms with Crippen molar-refractivity contribution >= 4 is 44.7 Å². The molecule has 10 rings (SSSR count). The molecule has 2 aromatic carbocycles. The predicted octanol–water partition coefficient (Wildman–Crippen LogP) is 6.13. The Labute approximate surface area is 372 Å². The van der Waals surface area contributed by atoms with Crippen LogP contribution in [0.5, 0.6) is 0 Å². The smallest absolute Gasteiger partial charge is 0.226 e. The number of nitrogens with zero attached hydrogens (tertiary/aromatic N) is 11. The van der Waals surface area contributed by atoms with Gasteiger partial charge in [0.15, 0.2) is 11.3 Å². The molecule has 63 heavy (non-hydrogen) atoms. The van der Waals surface area contributed by atoms with E-state index in [1.165, 1.54) is 23.9 Å². The van der Waals surface area contributed by atoms with E-state index in [4.69, 9.17) is 10.5 Å². The number of carbonyl (C=O) groups excluding carboxylic acids is 2. The quantitative estimate of drug-likeness (QED) is 0.179. The molecular formula is C46H47BrF2N12O2. The lowest BCUT2D eigenvalue weighted by atomic mass is 9.97. The highest BCUT2D eigenvalue weighted by Gasteiger charge is 2.42. The Morgan fingerprint density at radius 2 is 1.29 bits per heavy atom. The molecule has 324 valence electrons. The molecule has 4 aliphatic rings. The average Bonchev–Trinajstić information content (AvgIpc) is 4.12. The molecule has 0 aliphatic carbocycles. The van der Waals surface area contributed by atoms with Crippen LogP contribution < -0.4 is 10.2 Å². The first kappa shape index (κ1) is 43.4. The van der Waals surface area contributed by atoms with Gasteiger partial charge < -0.3 is 20.0 Å². The maximum absolute atomic E-state index is 13.7. The second kappa shape index (κ2) is 19.8. The number of benzene rings is 2. The summed E-state index contributed by atoms with van der Waals surface area (Å²) in [5, 5.41) is 29.4. The van der Waals surface area contributed by atoms with Gasteiger partial charge in [-0.3, -0.25) is 9.59 Å². The van der Waals surface area contributed by atoms with E-state index in [0.717, 1.165) is 100 Å². The first-order chi connectivity index (χ1) is 30.7. The summed E-state index contributed by atoms with van der Waals surface area (Å²) in [7, 11) is 0. The number of nitriles is 2. The maximum Gasteiger partial charge on any atom is 0.226 e. The molecule has 4 atom stereocenters. The summed E-state index contributed by atoms with van der Waals surface area (Å²) in [6.07, 6.45) is 10.6. The summed E-state index contributed by atoms with van der Waals surface area (Å²) in [6, 6.07) is 25.2. The standard InChI is InChI=1S/C23H23FN6O.C16H21N5O.C7H3BrFN/c24-21-8-7-19(12-17(21)13-25)28-9-10-29-20(14-28)11-16(23(29)31)3-1-4-18-5-2-6-22-26-15-27-30(18)22;22-16-12(9-14-10-17-7-8-20(14)16)3-1-4-13-5-2-6-15-18-11-19-21(13)15;8-6-1-2-7(9)5(3-6)4-10/h2,5-8,12,15-16,20H,1,3-4,9-11,14H2;2,5-6,11-12,14,17H,1,3-4,7-10H2;1-3H/t16-,20-;12-,14-;/m00./s1. The normalized spacial score (nSPS) is 20.4. The third-order valence-corrected chi connectivity index (χ3v) is 12.9. The van der Waals surface area contributed by atoms with Crippen molar-refractivity contribution in [3.8, 4) is 12.1 Å². The lowest BCUT2D eigenvalue weighted by Crippen LogP contribution is -2.51. The first-order valence-corrected chi connectivity index (χ1v) is 22.2. The average molecular weight is 918 g/mol. The van der Waals surface area contributed by atoms with Gasteiger partial charge in [0.25, 0.3) is 0 Å². The van der Waals surface area contributed by atoms with Gasteiger partial charge in [-0.1, -0.05) is 28.1 Å². The summed E-state index contributed by atoms with van der Waals surface area (Å²) in [5.41, 5.74) is 4.96. The summed E-state index contributed by atoms with van der Waals surface area (Å²) in [6.45, 7) is 4.84. The molecule has 6 aromatic rings. The number of halogens is 3. The Kier molecular flexibility index (Phi) is 13.6. The van der Waals surface area contributed by atoms with Crippen LogP contribution in [0.25, 0.3) is 11.3 Å². The van der Waals surface area contributed by atoms with Crippen molar-refractivity contribution in [2.45, 2.75) is 63.5 Å². The largest absolute Gasteiger partial charge is 0.368 e. The van der Waals surface area contributed by atoms with Gasteiger partial charge in [-0.25, -0.2) is 27.8 Å². The van der Waals surface area contributed by atoms with Crippen LogP contribution in [0.1, 0.15) is 61.0 Å². The number of pyridine rings is 2. The molecule has 0 unspecified atom stereocenters.